The van der Waals surface area contributed by atoms with Crippen LogP contribution in [0.4, 0.5) is 11.4 Å². The predicted octanol–water partition coefficient (Wildman–Crippen LogP) is 4.08. The molecule has 130 valence electrons. The third-order valence-electron chi connectivity index (χ3n) is 3.83. The van der Waals surface area contributed by atoms with Crippen molar-refractivity contribution in [2.75, 3.05) is 23.4 Å². The van der Waals surface area contributed by atoms with Crippen molar-refractivity contribution in [3.63, 3.8) is 0 Å². The Morgan fingerprint density at radius 1 is 1.28 bits per heavy atom. The molecule has 0 saturated heterocycles. The standard InChI is InChI=1S/C19H19BrN2O3/c1-12(2)10-22-16-8-7-13(9-17(16)25-11-18(22)23)21-19(24)14-5-3-4-6-15(14)20/h3-9,12H,10-11H2,1-2H3,(H,21,24). The lowest BCUT2D eigenvalue weighted by molar-refractivity contribution is -0.121. The molecule has 0 radical (unpaired) electrons. The zero-order valence-corrected chi connectivity index (χ0v) is 15.7. The maximum absolute atomic E-state index is 12.4. The van der Waals surface area contributed by atoms with Crippen LogP contribution in [0.5, 0.6) is 5.75 Å². The third-order valence-corrected chi connectivity index (χ3v) is 4.52. The molecule has 0 spiro atoms. The summed E-state index contributed by atoms with van der Waals surface area (Å²) in [7, 11) is 0. The molecule has 2 aromatic carbocycles. The van der Waals surface area contributed by atoms with E-state index in [9.17, 15) is 9.59 Å². The summed E-state index contributed by atoms with van der Waals surface area (Å²) in [6, 6.07) is 12.6. The minimum Gasteiger partial charge on any atom is -0.481 e. The summed E-state index contributed by atoms with van der Waals surface area (Å²) in [4.78, 5) is 26.3. The summed E-state index contributed by atoms with van der Waals surface area (Å²) in [5.74, 6) is 0.694. The molecule has 0 bridgehead atoms. The minimum absolute atomic E-state index is 0.0152. The number of hydrogen-bond acceptors (Lipinski definition) is 3. The summed E-state index contributed by atoms with van der Waals surface area (Å²) in [5.41, 5.74) is 1.92. The fourth-order valence-corrected chi connectivity index (χ4v) is 3.16. The summed E-state index contributed by atoms with van der Waals surface area (Å²) in [6.45, 7) is 4.78. The maximum atomic E-state index is 12.4. The van der Waals surface area contributed by atoms with Crippen molar-refractivity contribution in [2.24, 2.45) is 5.92 Å². The highest BCUT2D eigenvalue weighted by Crippen LogP contribution is 2.35. The SMILES string of the molecule is CC(C)CN1C(=O)COc2cc(NC(=O)c3ccccc3Br)ccc21. The van der Waals surface area contributed by atoms with Crippen molar-refractivity contribution in [2.45, 2.75) is 13.8 Å². The van der Waals surface area contributed by atoms with Crippen LogP contribution in [0.25, 0.3) is 0 Å². The Kier molecular flexibility index (Phi) is 5.08. The lowest BCUT2D eigenvalue weighted by Crippen LogP contribution is -2.40. The van der Waals surface area contributed by atoms with Gasteiger partial charge in [0.05, 0.1) is 11.3 Å². The summed E-state index contributed by atoms with van der Waals surface area (Å²) < 4.78 is 6.28. The van der Waals surface area contributed by atoms with Crippen LogP contribution in [0, 0.1) is 5.92 Å². The molecule has 2 aromatic rings. The number of fused-ring (bicyclic) bond motifs is 1. The normalized spacial score (nSPS) is 13.4. The highest BCUT2D eigenvalue weighted by molar-refractivity contribution is 9.10. The molecule has 6 heteroatoms. The smallest absolute Gasteiger partial charge is 0.265 e. The van der Waals surface area contributed by atoms with Crippen LogP contribution >= 0.6 is 15.9 Å². The first-order chi connectivity index (χ1) is 12.0. The summed E-state index contributed by atoms with van der Waals surface area (Å²) in [5, 5.41) is 2.86. The Balaban J connectivity index is 1.83. The lowest BCUT2D eigenvalue weighted by atomic mass is 10.1. The van der Waals surface area contributed by atoms with Crippen LogP contribution in [0.3, 0.4) is 0 Å². The van der Waals surface area contributed by atoms with Crippen LogP contribution in [0.1, 0.15) is 24.2 Å². The number of halogens is 1. The van der Waals surface area contributed by atoms with Gasteiger partial charge in [-0.25, -0.2) is 0 Å². The lowest BCUT2D eigenvalue weighted by Gasteiger charge is -2.31. The maximum Gasteiger partial charge on any atom is 0.265 e. The van der Waals surface area contributed by atoms with E-state index in [1.807, 2.05) is 24.3 Å². The summed E-state index contributed by atoms with van der Waals surface area (Å²) in [6.07, 6.45) is 0. The van der Waals surface area contributed by atoms with E-state index in [4.69, 9.17) is 4.74 Å². The number of ether oxygens (including phenoxy) is 1. The van der Waals surface area contributed by atoms with Gasteiger partial charge in [0.15, 0.2) is 6.61 Å². The van der Waals surface area contributed by atoms with E-state index in [2.05, 4.69) is 35.1 Å². The molecule has 1 aliphatic rings. The molecule has 2 amide bonds. The average molecular weight is 403 g/mol. The van der Waals surface area contributed by atoms with E-state index in [0.717, 1.165) is 10.2 Å². The Labute approximate surface area is 155 Å². The van der Waals surface area contributed by atoms with E-state index in [-0.39, 0.29) is 18.4 Å². The third kappa shape index (κ3) is 3.85. The Morgan fingerprint density at radius 2 is 2.04 bits per heavy atom. The quantitative estimate of drug-likeness (QED) is 0.837. The second kappa shape index (κ2) is 7.27. The van der Waals surface area contributed by atoms with Gasteiger partial charge in [-0.15, -0.1) is 0 Å². The van der Waals surface area contributed by atoms with Crippen LogP contribution < -0.4 is 15.0 Å². The molecule has 0 aliphatic carbocycles. The van der Waals surface area contributed by atoms with Gasteiger partial charge in [0.2, 0.25) is 0 Å². The molecule has 0 saturated carbocycles. The van der Waals surface area contributed by atoms with Crippen molar-refractivity contribution in [3.05, 3.63) is 52.5 Å². The van der Waals surface area contributed by atoms with E-state index >= 15 is 0 Å². The molecule has 0 aromatic heterocycles. The molecule has 25 heavy (non-hydrogen) atoms. The van der Waals surface area contributed by atoms with Crippen LogP contribution in [0.15, 0.2) is 46.9 Å². The van der Waals surface area contributed by atoms with Gasteiger partial charge in [0.1, 0.15) is 5.75 Å². The first-order valence-corrected chi connectivity index (χ1v) is 8.88. The molecular weight excluding hydrogens is 384 g/mol. The van der Waals surface area contributed by atoms with Gasteiger partial charge in [-0.05, 0) is 46.1 Å². The van der Waals surface area contributed by atoms with Gasteiger partial charge in [0, 0.05) is 22.8 Å². The molecule has 5 nitrogen and oxygen atoms in total. The zero-order chi connectivity index (χ0) is 18.0. The highest BCUT2D eigenvalue weighted by Gasteiger charge is 2.26. The number of amides is 2. The second-order valence-electron chi connectivity index (χ2n) is 6.30. The van der Waals surface area contributed by atoms with Crippen LogP contribution in [-0.2, 0) is 4.79 Å². The van der Waals surface area contributed by atoms with Crippen molar-refractivity contribution in [1.29, 1.82) is 0 Å². The fraction of sp³-hybridized carbons (Fsp3) is 0.263. The van der Waals surface area contributed by atoms with Gasteiger partial charge < -0.3 is 15.0 Å². The largest absolute Gasteiger partial charge is 0.481 e. The molecule has 0 atom stereocenters. The molecule has 1 N–H and O–H groups in total. The van der Waals surface area contributed by atoms with Gasteiger partial charge in [-0.1, -0.05) is 26.0 Å². The molecule has 1 aliphatic heterocycles. The first kappa shape index (κ1) is 17.5. The average Bonchev–Trinajstić information content (AvgIpc) is 2.57. The number of hydrogen-bond donors (Lipinski definition) is 1. The van der Waals surface area contributed by atoms with Crippen molar-refractivity contribution in [3.8, 4) is 5.75 Å². The molecule has 0 fully saturated rings. The van der Waals surface area contributed by atoms with Crippen molar-refractivity contribution >= 4 is 39.1 Å². The number of nitrogens with zero attached hydrogens (tertiary/aromatic N) is 1. The Morgan fingerprint density at radius 3 is 2.76 bits per heavy atom. The monoisotopic (exact) mass is 402 g/mol. The first-order valence-electron chi connectivity index (χ1n) is 8.09. The number of anilines is 2. The van der Waals surface area contributed by atoms with Gasteiger partial charge >= 0.3 is 0 Å². The topological polar surface area (TPSA) is 58.6 Å². The van der Waals surface area contributed by atoms with Crippen molar-refractivity contribution < 1.29 is 14.3 Å². The molecule has 0 unspecified atom stereocenters. The fourth-order valence-electron chi connectivity index (χ4n) is 2.69. The van der Waals surface area contributed by atoms with E-state index in [1.54, 1.807) is 23.1 Å². The highest BCUT2D eigenvalue weighted by atomic mass is 79.9. The van der Waals surface area contributed by atoms with E-state index in [1.165, 1.54) is 0 Å². The van der Waals surface area contributed by atoms with Crippen LogP contribution in [0.2, 0.25) is 0 Å². The molecule has 3 rings (SSSR count). The van der Waals surface area contributed by atoms with Gasteiger partial charge in [-0.2, -0.15) is 0 Å². The number of carbonyl (C=O) groups excluding carboxylic acids is 2. The minimum atomic E-state index is -0.210. The predicted molar refractivity (Wildman–Crippen MR) is 101 cm³/mol. The summed E-state index contributed by atoms with van der Waals surface area (Å²) >= 11 is 3.38. The number of carbonyl (C=O) groups is 2. The number of rotatable bonds is 4. The Bertz CT molecular complexity index is 820. The Hall–Kier alpha value is -2.34. The van der Waals surface area contributed by atoms with Crippen LogP contribution in [-0.4, -0.2) is 25.0 Å². The molecular formula is C19H19BrN2O3. The van der Waals surface area contributed by atoms with Crippen molar-refractivity contribution in [1.82, 2.24) is 0 Å². The molecule has 1 heterocycles. The van der Waals surface area contributed by atoms with Gasteiger partial charge in [-0.3, -0.25) is 9.59 Å². The van der Waals surface area contributed by atoms with Gasteiger partial charge in [0.25, 0.3) is 11.8 Å². The number of benzene rings is 2. The van der Waals surface area contributed by atoms with E-state index in [0.29, 0.717) is 29.5 Å². The zero-order valence-electron chi connectivity index (χ0n) is 14.1. The number of nitrogens with one attached hydrogen (secondary N) is 1. The second-order valence-corrected chi connectivity index (χ2v) is 7.16. The van der Waals surface area contributed by atoms with E-state index < -0.39 is 0 Å².